The Morgan fingerprint density at radius 2 is 1.88 bits per heavy atom. The molecule has 3 nitrogen and oxygen atoms in total. The van der Waals surface area contributed by atoms with Crippen LogP contribution in [-0.4, -0.2) is 23.7 Å². The van der Waals surface area contributed by atoms with Crippen LogP contribution in [0.1, 0.15) is 38.2 Å². The first-order chi connectivity index (χ1) is 11.1. The molecule has 7 heteroatoms. The fraction of sp³-hybridized carbons (Fsp3) is 0.588. The van der Waals surface area contributed by atoms with Crippen LogP contribution in [0.15, 0.2) is 24.3 Å². The summed E-state index contributed by atoms with van der Waals surface area (Å²) in [6.07, 6.45) is -3.67. The maximum absolute atomic E-state index is 12.9. The molecule has 0 saturated heterocycles. The van der Waals surface area contributed by atoms with E-state index in [0.717, 1.165) is 0 Å². The Hall–Kier alpha value is -1.63. The molecule has 1 aliphatic rings. The summed E-state index contributed by atoms with van der Waals surface area (Å²) in [5.41, 5.74) is -1.01. The van der Waals surface area contributed by atoms with Crippen molar-refractivity contribution in [3.63, 3.8) is 0 Å². The van der Waals surface area contributed by atoms with E-state index in [0.29, 0.717) is 18.4 Å². The molecule has 0 heterocycles. The summed E-state index contributed by atoms with van der Waals surface area (Å²) in [4.78, 5) is 12.2. The number of hydrogen-bond donors (Lipinski definition) is 2. The van der Waals surface area contributed by atoms with Gasteiger partial charge in [0.05, 0.1) is 12.5 Å². The third kappa shape index (κ3) is 4.69. The fourth-order valence-corrected chi connectivity index (χ4v) is 3.04. The summed E-state index contributed by atoms with van der Waals surface area (Å²) in [7, 11) is 0. The van der Waals surface area contributed by atoms with Crippen LogP contribution < -0.4 is 5.32 Å². The number of rotatable bonds is 4. The molecule has 2 N–H and O–H groups in total. The predicted octanol–water partition coefficient (Wildman–Crippen LogP) is 3.52. The summed E-state index contributed by atoms with van der Waals surface area (Å²) in [6, 6.07) is 5.20. The SMILES string of the molecule is CC(O)(CNC(=O)C1CCCC(C(F)(F)F)C1)c1ccc(F)cc1. The Kier molecular flexibility index (Phi) is 5.52. The maximum Gasteiger partial charge on any atom is 0.391 e. The van der Waals surface area contributed by atoms with Gasteiger partial charge < -0.3 is 10.4 Å². The molecule has 1 saturated carbocycles. The quantitative estimate of drug-likeness (QED) is 0.819. The first kappa shape index (κ1) is 18.7. The van der Waals surface area contributed by atoms with Crippen LogP contribution in [0.5, 0.6) is 0 Å². The van der Waals surface area contributed by atoms with Gasteiger partial charge in [0.25, 0.3) is 0 Å². The molecule has 0 aromatic heterocycles. The third-order valence-electron chi connectivity index (χ3n) is 4.58. The fourth-order valence-electron chi connectivity index (χ4n) is 3.04. The van der Waals surface area contributed by atoms with Gasteiger partial charge in [-0.05, 0) is 43.9 Å². The van der Waals surface area contributed by atoms with E-state index >= 15 is 0 Å². The molecule has 1 aromatic carbocycles. The maximum atomic E-state index is 12.9. The van der Waals surface area contributed by atoms with Crippen molar-refractivity contribution in [2.45, 2.75) is 44.4 Å². The van der Waals surface area contributed by atoms with Crippen LogP contribution in [0.4, 0.5) is 17.6 Å². The minimum atomic E-state index is -4.28. The average Bonchev–Trinajstić information content (AvgIpc) is 2.52. The van der Waals surface area contributed by atoms with E-state index in [-0.39, 0.29) is 19.4 Å². The van der Waals surface area contributed by atoms with Gasteiger partial charge in [-0.3, -0.25) is 4.79 Å². The molecular formula is C17H21F4NO2. The van der Waals surface area contributed by atoms with Crippen molar-refractivity contribution in [2.24, 2.45) is 11.8 Å². The monoisotopic (exact) mass is 347 g/mol. The van der Waals surface area contributed by atoms with Crippen molar-refractivity contribution in [3.05, 3.63) is 35.6 Å². The number of carbonyl (C=O) groups is 1. The number of aliphatic hydroxyl groups is 1. The number of benzene rings is 1. The van der Waals surface area contributed by atoms with E-state index in [1.54, 1.807) is 0 Å². The van der Waals surface area contributed by atoms with E-state index < -0.39 is 35.3 Å². The molecule has 0 aliphatic heterocycles. The second-order valence-corrected chi connectivity index (χ2v) is 6.60. The van der Waals surface area contributed by atoms with E-state index in [4.69, 9.17) is 0 Å². The lowest BCUT2D eigenvalue weighted by Crippen LogP contribution is -2.43. The first-order valence-corrected chi connectivity index (χ1v) is 7.92. The molecule has 3 atom stereocenters. The lowest BCUT2D eigenvalue weighted by molar-refractivity contribution is -0.186. The van der Waals surface area contributed by atoms with Gasteiger partial charge in [0.2, 0.25) is 5.91 Å². The summed E-state index contributed by atoms with van der Waals surface area (Å²) in [5, 5.41) is 12.9. The molecule has 2 rings (SSSR count). The number of alkyl halides is 3. The lowest BCUT2D eigenvalue weighted by atomic mass is 9.80. The molecule has 0 bridgehead atoms. The van der Waals surface area contributed by atoms with Gasteiger partial charge >= 0.3 is 6.18 Å². The normalized spacial score (nSPS) is 24.2. The van der Waals surface area contributed by atoms with E-state index in [2.05, 4.69) is 5.32 Å². The highest BCUT2D eigenvalue weighted by atomic mass is 19.4. The first-order valence-electron chi connectivity index (χ1n) is 7.92. The standard InChI is InChI=1S/C17H21F4NO2/c1-16(24,12-5-7-14(18)8-6-12)10-22-15(23)11-3-2-4-13(9-11)17(19,20)21/h5-8,11,13,24H,2-4,9-10H2,1H3,(H,22,23). The van der Waals surface area contributed by atoms with E-state index in [1.807, 2.05) is 0 Å². The average molecular weight is 347 g/mol. The van der Waals surface area contributed by atoms with Crippen LogP contribution in [0.3, 0.4) is 0 Å². The Bertz CT molecular complexity index is 569. The molecule has 134 valence electrons. The molecule has 3 unspecified atom stereocenters. The number of amides is 1. The predicted molar refractivity (Wildman–Crippen MR) is 80.5 cm³/mol. The summed E-state index contributed by atoms with van der Waals surface area (Å²) in [5.74, 6) is -3.07. The highest BCUT2D eigenvalue weighted by Crippen LogP contribution is 2.40. The molecule has 1 aliphatic carbocycles. The molecule has 1 aromatic rings. The van der Waals surface area contributed by atoms with Crippen molar-refractivity contribution < 1.29 is 27.5 Å². The summed E-state index contributed by atoms with van der Waals surface area (Å²) < 4.78 is 51.3. The number of hydrogen-bond acceptors (Lipinski definition) is 2. The topological polar surface area (TPSA) is 49.3 Å². The van der Waals surface area contributed by atoms with Crippen LogP contribution in [0.2, 0.25) is 0 Å². The van der Waals surface area contributed by atoms with E-state index in [9.17, 15) is 27.5 Å². The molecular weight excluding hydrogens is 326 g/mol. The van der Waals surface area contributed by atoms with Crippen molar-refractivity contribution in [1.29, 1.82) is 0 Å². The van der Waals surface area contributed by atoms with Crippen LogP contribution >= 0.6 is 0 Å². The van der Waals surface area contributed by atoms with Crippen molar-refractivity contribution >= 4 is 5.91 Å². The number of carbonyl (C=O) groups excluding carboxylic acids is 1. The zero-order valence-electron chi connectivity index (χ0n) is 13.4. The minimum Gasteiger partial charge on any atom is -0.384 e. The smallest absolute Gasteiger partial charge is 0.384 e. The van der Waals surface area contributed by atoms with Gasteiger partial charge in [0, 0.05) is 5.92 Å². The molecule has 24 heavy (non-hydrogen) atoms. The lowest BCUT2D eigenvalue weighted by Gasteiger charge is -2.31. The minimum absolute atomic E-state index is 0.0561. The Labute approximate surface area is 138 Å². The van der Waals surface area contributed by atoms with Crippen LogP contribution in [0.25, 0.3) is 0 Å². The van der Waals surface area contributed by atoms with Gasteiger partial charge in [-0.2, -0.15) is 13.2 Å². The van der Waals surface area contributed by atoms with Crippen LogP contribution in [0, 0.1) is 17.7 Å². The molecule has 1 amide bonds. The second-order valence-electron chi connectivity index (χ2n) is 6.60. The van der Waals surface area contributed by atoms with Crippen molar-refractivity contribution in [1.82, 2.24) is 5.32 Å². The highest BCUT2D eigenvalue weighted by molar-refractivity contribution is 5.78. The molecule has 1 fully saturated rings. The van der Waals surface area contributed by atoms with Crippen molar-refractivity contribution in [2.75, 3.05) is 6.54 Å². The van der Waals surface area contributed by atoms with Gasteiger partial charge in [-0.25, -0.2) is 4.39 Å². The van der Waals surface area contributed by atoms with Gasteiger partial charge in [0.1, 0.15) is 11.4 Å². The van der Waals surface area contributed by atoms with Crippen molar-refractivity contribution in [3.8, 4) is 0 Å². The zero-order chi connectivity index (χ0) is 18.0. The highest BCUT2D eigenvalue weighted by Gasteiger charge is 2.43. The van der Waals surface area contributed by atoms with Gasteiger partial charge in [-0.1, -0.05) is 18.6 Å². The van der Waals surface area contributed by atoms with Crippen LogP contribution in [-0.2, 0) is 10.4 Å². The molecule has 0 radical (unpaired) electrons. The van der Waals surface area contributed by atoms with E-state index in [1.165, 1.54) is 31.2 Å². The second kappa shape index (κ2) is 7.09. The Morgan fingerprint density at radius 1 is 1.25 bits per heavy atom. The summed E-state index contributed by atoms with van der Waals surface area (Å²) >= 11 is 0. The number of halogens is 4. The molecule has 0 spiro atoms. The Morgan fingerprint density at radius 3 is 2.46 bits per heavy atom. The number of nitrogens with one attached hydrogen (secondary N) is 1. The van der Waals surface area contributed by atoms with Gasteiger partial charge in [0.15, 0.2) is 0 Å². The third-order valence-corrected chi connectivity index (χ3v) is 4.58. The largest absolute Gasteiger partial charge is 0.391 e. The summed E-state index contributed by atoms with van der Waals surface area (Å²) in [6.45, 7) is 1.31. The van der Waals surface area contributed by atoms with Gasteiger partial charge in [-0.15, -0.1) is 0 Å². The zero-order valence-corrected chi connectivity index (χ0v) is 13.4. The Balaban J connectivity index is 1.93.